The highest BCUT2D eigenvalue weighted by molar-refractivity contribution is 5.96. The number of piperazine rings is 1. The molecule has 1 aliphatic heterocycles. The summed E-state index contributed by atoms with van der Waals surface area (Å²) < 4.78 is 18.6. The molecule has 1 atom stereocenters. The fourth-order valence-corrected chi connectivity index (χ4v) is 3.24. The number of aryl methyl sites for hydroxylation is 1. The van der Waals surface area contributed by atoms with Gasteiger partial charge in [0, 0.05) is 25.1 Å². The van der Waals surface area contributed by atoms with Crippen LogP contribution in [-0.4, -0.2) is 35.0 Å². The van der Waals surface area contributed by atoms with Gasteiger partial charge in [-0.25, -0.2) is 4.39 Å². The summed E-state index contributed by atoms with van der Waals surface area (Å²) in [6, 6.07) is 5.07. The van der Waals surface area contributed by atoms with Crippen LogP contribution >= 0.6 is 0 Å². The third kappa shape index (κ3) is 2.90. The van der Waals surface area contributed by atoms with Crippen LogP contribution in [0.5, 0.6) is 0 Å². The predicted octanol–water partition coefficient (Wildman–Crippen LogP) is 2.31. The summed E-state index contributed by atoms with van der Waals surface area (Å²) in [6.07, 6.45) is 2.12. The molecule has 2 fully saturated rings. The van der Waals surface area contributed by atoms with E-state index in [0.29, 0.717) is 30.1 Å². The monoisotopic (exact) mass is 343 g/mol. The van der Waals surface area contributed by atoms with E-state index in [0.717, 1.165) is 18.5 Å². The van der Waals surface area contributed by atoms with E-state index in [2.05, 4.69) is 10.5 Å². The van der Waals surface area contributed by atoms with Gasteiger partial charge in [-0.15, -0.1) is 0 Å². The molecule has 1 saturated heterocycles. The number of halogens is 1. The molecule has 1 N–H and O–H groups in total. The van der Waals surface area contributed by atoms with Gasteiger partial charge in [-0.05, 0) is 43.0 Å². The van der Waals surface area contributed by atoms with Crippen LogP contribution in [0.15, 0.2) is 28.8 Å². The van der Waals surface area contributed by atoms with Crippen molar-refractivity contribution >= 4 is 11.8 Å². The minimum Gasteiger partial charge on any atom is -0.352 e. The average molecular weight is 343 g/mol. The molecule has 2 amide bonds. The number of hydrogen-bond acceptors (Lipinski definition) is 4. The highest BCUT2D eigenvalue weighted by Crippen LogP contribution is 2.39. The van der Waals surface area contributed by atoms with Crippen LogP contribution in [0.2, 0.25) is 0 Å². The van der Waals surface area contributed by atoms with Gasteiger partial charge in [0.15, 0.2) is 0 Å². The predicted molar refractivity (Wildman–Crippen MR) is 86.4 cm³/mol. The van der Waals surface area contributed by atoms with E-state index in [1.54, 1.807) is 19.1 Å². The minimum absolute atomic E-state index is 0.140. The maximum atomic E-state index is 13.4. The van der Waals surface area contributed by atoms with Crippen LogP contribution in [0, 0.1) is 12.7 Å². The Hall–Kier alpha value is -2.70. The lowest BCUT2D eigenvalue weighted by molar-refractivity contribution is -0.128. The van der Waals surface area contributed by atoms with Crippen LogP contribution in [-0.2, 0) is 4.79 Å². The number of amides is 2. The second-order valence-electron chi connectivity index (χ2n) is 6.58. The molecule has 1 aliphatic carbocycles. The number of aromatic nitrogens is 1. The zero-order valence-electron chi connectivity index (χ0n) is 13.8. The Morgan fingerprint density at radius 3 is 2.88 bits per heavy atom. The molecule has 4 rings (SSSR count). The van der Waals surface area contributed by atoms with Crippen LogP contribution in [0.4, 0.5) is 4.39 Å². The van der Waals surface area contributed by atoms with E-state index in [1.807, 2.05) is 0 Å². The molecular formula is C18H18FN3O3. The summed E-state index contributed by atoms with van der Waals surface area (Å²) in [7, 11) is 0. The highest BCUT2D eigenvalue weighted by Gasteiger charge is 2.38. The van der Waals surface area contributed by atoms with Gasteiger partial charge in [-0.2, -0.15) is 0 Å². The lowest BCUT2D eigenvalue weighted by atomic mass is 9.97. The SMILES string of the molecule is Cc1cc(F)ccc1[C@@H]1C(=O)NCCN1C(=O)c1cc(C2CC2)no1. The fraction of sp³-hybridized carbons (Fsp3) is 0.389. The van der Waals surface area contributed by atoms with E-state index >= 15 is 0 Å². The first kappa shape index (κ1) is 15.8. The van der Waals surface area contributed by atoms with Crippen molar-refractivity contribution in [2.24, 2.45) is 0 Å². The first-order valence-electron chi connectivity index (χ1n) is 8.36. The molecule has 1 aromatic heterocycles. The molecule has 2 heterocycles. The molecule has 1 aromatic carbocycles. The van der Waals surface area contributed by atoms with Crippen LogP contribution in [0.25, 0.3) is 0 Å². The molecule has 2 aliphatic rings. The number of carbonyl (C=O) groups excluding carboxylic acids is 2. The van der Waals surface area contributed by atoms with E-state index in [9.17, 15) is 14.0 Å². The van der Waals surface area contributed by atoms with Crippen LogP contribution in [0.3, 0.4) is 0 Å². The highest BCUT2D eigenvalue weighted by atomic mass is 19.1. The number of carbonyl (C=O) groups is 2. The number of rotatable bonds is 3. The molecule has 1 saturated carbocycles. The second-order valence-corrected chi connectivity index (χ2v) is 6.58. The summed E-state index contributed by atoms with van der Waals surface area (Å²) in [4.78, 5) is 26.8. The second kappa shape index (κ2) is 5.98. The molecule has 25 heavy (non-hydrogen) atoms. The zero-order chi connectivity index (χ0) is 17.6. The summed E-state index contributed by atoms with van der Waals surface area (Å²) >= 11 is 0. The van der Waals surface area contributed by atoms with E-state index in [1.165, 1.54) is 17.0 Å². The molecule has 0 spiro atoms. The maximum absolute atomic E-state index is 13.4. The van der Waals surface area contributed by atoms with E-state index in [-0.39, 0.29) is 23.4 Å². The van der Waals surface area contributed by atoms with Gasteiger partial charge in [0.2, 0.25) is 11.7 Å². The van der Waals surface area contributed by atoms with Crippen molar-refractivity contribution in [3.05, 3.63) is 52.7 Å². The third-order valence-electron chi connectivity index (χ3n) is 4.73. The third-order valence-corrected chi connectivity index (χ3v) is 4.73. The van der Waals surface area contributed by atoms with Gasteiger partial charge in [-0.3, -0.25) is 9.59 Å². The van der Waals surface area contributed by atoms with Gasteiger partial charge in [-0.1, -0.05) is 11.2 Å². The van der Waals surface area contributed by atoms with Gasteiger partial charge in [0.1, 0.15) is 11.9 Å². The van der Waals surface area contributed by atoms with Crippen LogP contribution in [0.1, 0.15) is 52.2 Å². The van der Waals surface area contributed by atoms with Crippen molar-refractivity contribution in [1.82, 2.24) is 15.4 Å². The van der Waals surface area contributed by atoms with Crippen molar-refractivity contribution < 1.29 is 18.5 Å². The zero-order valence-corrected chi connectivity index (χ0v) is 13.8. The molecule has 0 radical (unpaired) electrons. The first-order valence-corrected chi connectivity index (χ1v) is 8.36. The molecule has 7 heteroatoms. The summed E-state index contributed by atoms with van der Waals surface area (Å²) in [5.41, 5.74) is 2.02. The Morgan fingerprint density at radius 2 is 2.16 bits per heavy atom. The minimum atomic E-state index is -0.809. The van der Waals surface area contributed by atoms with E-state index in [4.69, 9.17) is 4.52 Å². The van der Waals surface area contributed by atoms with Crippen molar-refractivity contribution in [3.63, 3.8) is 0 Å². The molecule has 6 nitrogen and oxygen atoms in total. The standard InChI is InChI=1S/C18H18FN3O3/c1-10-8-12(19)4-5-13(10)16-17(23)20-6-7-22(16)18(24)15-9-14(21-25-15)11-2-3-11/h4-5,8-9,11,16H,2-3,6-7H2,1H3,(H,20,23)/t16-/m1/s1. The Balaban J connectivity index is 1.67. The molecule has 130 valence electrons. The lowest BCUT2D eigenvalue weighted by Gasteiger charge is -2.35. The van der Waals surface area contributed by atoms with Crippen LogP contribution < -0.4 is 5.32 Å². The number of benzene rings is 1. The van der Waals surface area contributed by atoms with Crippen molar-refractivity contribution in [2.75, 3.05) is 13.1 Å². The van der Waals surface area contributed by atoms with Gasteiger partial charge >= 0.3 is 0 Å². The number of nitrogens with zero attached hydrogens (tertiary/aromatic N) is 2. The van der Waals surface area contributed by atoms with Gasteiger partial charge < -0.3 is 14.7 Å². The normalized spacial score (nSPS) is 20.5. The van der Waals surface area contributed by atoms with Crippen molar-refractivity contribution in [3.8, 4) is 0 Å². The number of nitrogens with one attached hydrogen (secondary N) is 1. The summed E-state index contributed by atoms with van der Waals surface area (Å²) in [6.45, 7) is 2.44. The Morgan fingerprint density at radius 1 is 1.36 bits per heavy atom. The summed E-state index contributed by atoms with van der Waals surface area (Å²) in [5, 5.41) is 6.74. The fourth-order valence-electron chi connectivity index (χ4n) is 3.24. The Bertz CT molecular complexity index is 844. The van der Waals surface area contributed by atoms with Gasteiger partial charge in [0.05, 0.1) is 5.69 Å². The quantitative estimate of drug-likeness (QED) is 0.928. The molecule has 0 bridgehead atoms. The average Bonchev–Trinajstić information content (AvgIpc) is 3.32. The van der Waals surface area contributed by atoms with Crippen molar-refractivity contribution in [2.45, 2.75) is 31.7 Å². The first-order chi connectivity index (χ1) is 12.0. The number of hydrogen-bond donors (Lipinski definition) is 1. The molecule has 2 aromatic rings. The summed E-state index contributed by atoms with van der Waals surface area (Å²) in [5.74, 6) is -0.509. The lowest BCUT2D eigenvalue weighted by Crippen LogP contribution is -2.52. The van der Waals surface area contributed by atoms with E-state index < -0.39 is 6.04 Å². The maximum Gasteiger partial charge on any atom is 0.293 e. The molecule has 0 unspecified atom stereocenters. The van der Waals surface area contributed by atoms with Gasteiger partial charge in [0.25, 0.3) is 5.91 Å². The largest absolute Gasteiger partial charge is 0.352 e. The Labute approximate surface area is 144 Å². The molecular weight excluding hydrogens is 325 g/mol. The Kier molecular flexibility index (Phi) is 3.78. The smallest absolute Gasteiger partial charge is 0.293 e. The topological polar surface area (TPSA) is 75.4 Å². The van der Waals surface area contributed by atoms with Crippen molar-refractivity contribution in [1.29, 1.82) is 0 Å².